The van der Waals surface area contributed by atoms with Crippen molar-refractivity contribution in [1.82, 2.24) is 19.8 Å². The first kappa shape index (κ1) is 14.3. The van der Waals surface area contributed by atoms with Crippen molar-refractivity contribution < 1.29 is 9.84 Å². The van der Waals surface area contributed by atoms with Gasteiger partial charge in [-0.3, -0.25) is 5.10 Å². The summed E-state index contributed by atoms with van der Waals surface area (Å²) in [6.45, 7) is 2.60. The van der Waals surface area contributed by atoms with Gasteiger partial charge in [-0.25, -0.2) is 4.52 Å². The Hall–Kier alpha value is -3.02. The number of ether oxygens (including phenoxy) is 1. The van der Waals surface area contributed by atoms with E-state index in [0.717, 1.165) is 40.0 Å². The highest BCUT2D eigenvalue weighted by molar-refractivity contribution is 5.95. The summed E-state index contributed by atoms with van der Waals surface area (Å²) in [7, 11) is 0. The van der Waals surface area contributed by atoms with Crippen LogP contribution < -0.4 is 4.74 Å². The quantitative estimate of drug-likeness (QED) is 0.598. The number of rotatable bonds is 4. The van der Waals surface area contributed by atoms with Crippen molar-refractivity contribution in [3.8, 4) is 11.5 Å². The van der Waals surface area contributed by atoms with E-state index in [0.29, 0.717) is 24.2 Å². The topological polar surface area (TPSA) is 75.4 Å². The van der Waals surface area contributed by atoms with E-state index in [-0.39, 0.29) is 0 Å². The SMILES string of the molecule is CCOc1ccc2c3c(C4CC4c4cccc(O)c4)n[nH]c3nn2c1. The maximum Gasteiger partial charge on any atom is 0.178 e. The van der Waals surface area contributed by atoms with Crippen LogP contribution in [0.1, 0.15) is 36.4 Å². The number of aromatic hydroxyl groups is 1. The van der Waals surface area contributed by atoms with Crippen molar-refractivity contribution >= 4 is 16.6 Å². The van der Waals surface area contributed by atoms with E-state index in [1.54, 1.807) is 6.07 Å². The Morgan fingerprint density at radius 1 is 1.28 bits per heavy atom. The van der Waals surface area contributed by atoms with Crippen LogP contribution in [0.5, 0.6) is 11.5 Å². The molecule has 1 aliphatic rings. The van der Waals surface area contributed by atoms with Crippen LogP contribution in [0.25, 0.3) is 16.6 Å². The maximum atomic E-state index is 9.71. The number of aromatic amines is 1. The molecule has 3 heterocycles. The second-order valence-electron chi connectivity index (χ2n) is 6.50. The molecule has 0 saturated heterocycles. The van der Waals surface area contributed by atoms with Crippen molar-refractivity contribution in [1.29, 1.82) is 0 Å². The lowest BCUT2D eigenvalue weighted by atomic mass is 10.1. The van der Waals surface area contributed by atoms with Crippen molar-refractivity contribution in [3.63, 3.8) is 0 Å². The largest absolute Gasteiger partial charge is 0.508 e. The van der Waals surface area contributed by atoms with E-state index in [4.69, 9.17) is 4.74 Å². The zero-order valence-corrected chi connectivity index (χ0v) is 13.8. The molecule has 5 rings (SSSR count). The van der Waals surface area contributed by atoms with Gasteiger partial charge in [0, 0.05) is 5.92 Å². The molecule has 0 radical (unpaired) electrons. The number of nitrogens with zero attached hydrogens (tertiary/aromatic N) is 3. The highest BCUT2D eigenvalue weighted by Crippen LogP contribution is 2.56. The van der Waals surface area contributed by atoms with Gasteiger partial charge < -0.3 is 9.84 Å². The van der Waals surface area contributed by atoms with E-state index in [1.807, 2.05) is 41.9 Å². The smallest absolute Gasteiger partial charge is 0.178 e. The molecule has 2 N–H and O–H groups in total. The fourth-order valence-corrected chi connectivity index (χ4v) is 3.67. The van der Waals surface area contributed by atoms with Crippen LogP contribution in [0.4, 0.5) is 0 Å². The molecule has 1 saturated carbocycles. The average Bonchev–Trinajstić information content (AvgIpc) is 3.16. The number of aromatic nitrogens is 4. The van der Waals surface area contributed by atoms with Gasteiger partial charge in [-0.15, -0.1) is 5.10 Å². The number of benzene rings is 1. The summed E-state index contributed by atoms with van der Waals surface area (Å²) >= 11 is 0. The summed E-state index contributed by atoms with van der Waals surface area (Å²) in [5.74, 6) is 1.87. The minimum Gasteiger partial charge on any atom is -0.508 e. The Labute approximate surface area is 144 Å². The molecular formula is C19H18N4O2. The molecule has 3 aromatic heterocycles. The highest BCUT2D eigenvalue weighted by atomic mass is 16.5. The second-order valence-corrected chi connectivity index (χ2v) is 6.50. The number of phenols is 1. The Balaban J connectivity index is 1.55. The Morgan fingerprint density at radius 3 is 3.04 bits per heavy atom. The fourth-order valence-electron chi connectivity index (χ4n) is 3.67. The summed E-state index contributed by atoms with van der Waals surface area (Å²) < 4.78 is 7.40. The van der Waals surface area contributed by atoms with Gasteiger partial charge in [0.15, 0.2) is 5.65 Å². The molecule has 0 spiro atoms. The van der Waals surface area contributed by atoms with Gasteiger partial charge in [-0.2, -0.15) is 5.10 Å². The maximum absolute atomic E-state index is 9.71. The third-order valence-corrected chi connectivity index (χ3v) is 4.89. The monoisotopic (exact) mass is 334 g/mol. The average molecular weight is 334 g/mol. The molecule has 0 amide bonds. The van der Waals surface area contributed by atoms with Crippen molar-refractivity contribution in [2.24, 2.45) is 0 Å². The first-order valence-electron chi connectivity index (χ1n) is 8.52. The standard InChI is InChI=1S/C19H18N4O2/c1-2-25-13-6-7-16-17-18(20-21-19(17)22-23(16)10-13)15-9-14(15)11-4-3-5-12(24)8-11/h3-8,10,14-15,24H,2,9H2,1H3,(H,21,22). The zero-order valence-electron chi connectivity index (χ0n) is 13.8. The van der Waals surface area contributed by atoms with Gasteiger partial charge in [-0.1, -0.05) is 12.1 Å². The summed E-state index contributed by atoms with van der Waals surface area (Å²) in [4.78, 5) is 0. The van der Waals surface area contributed by atoms with Gasteiger partial charge >= 0.3 is 0 Å². The lowest BCUT2D eigenvalue weighted by Crippen LogP contribution is -1.95. The van der Waals surface area contributed by atoms with E-state index in [2.05, 4.69) is 21.4 Å². The van der Waals surface area contributed by atoms with Crippen LogP contribution in [0, 0.1) is 0 Å². The number of fused-ring (bicyclic) bond motifs is 3. The number of phenolic OH excluding ortho intramolecular Hbond substituents is 1. The fraction of sp³-hybridized carbons (Fsp3) is 0.263. The van der Waals surface area contributed by atoms with Gasteiger partial charge in [0.2, 0.25) is 0 Å². The molecule has 1 aromatic carbocycles. The van der Waals surface area contributed by atoms with Crippen LogP contribution in [0.2, 0.25) is 0 Å². The van der Waals surface area contributed by atoms with Gasteiger partial charge in [0.05, 0.1) is 29.4 Å². The van der Waals surface area contributed by atoms with Gasteiger partial charge in [0.1, 0.15) is 11.5 Å². The number of nitrogens with one attached hydrogen (secondary N) is 1. The van der Waals surface area contributed by atoms with Crippen LogP contribution in [-0.2, 0) is 0 Å². The molecule has 1 aliphatic carbocycles. The van der Waals surface area contributed by atoms with Crippen LogP contribution in [0.15, 0.2) is 42.6 Å². The second kappa shape index (κ2) is 5.24. The predicted octanol–water partition coefficient (Wildman–Crippen LogP) is 3.59. The summed E-state index contributed by atoms with van der Waals surface area (Å²) in [5.41, 5.74) is 4.05. The molecular weight excluding hydrogens is 316 g/mol. The van der Waals surface area contributed by atoms with Crippen molar-refractivity contribution in [3.05, 3.63) is 53.9 Å². The number of H-pyrrole nitrogens is 1. The molecule has 0 aliphatic heterocycles. The third kappa shape index (κ3) is 2.25. The minimum absolute atomic E-state index is 0.315. The molecule has 25 heavy (non-hydrogen) atoms. The lowest BCUT2D eigenvalue weighted by Gasteiger charge is -2.03. The minimum atomic E-state index is 0.315. The summed E-state index contributed by atoms with van der Waals surface area (Å²) in [6, 6.07) is 11.5. The van der Waals surface area contributed by atoms with Crippen LogP contribution >= 0.6 is 0 Å². The van der Waals surface area contributed by atoms with E-state index >= 15 is 0 Å². The Bertz CT molecular complexity index is 1080. The Kier molecular flexibility index (Phi) is 3.00. The van der Waals surface area contributed by atoms with Crippen molar-refractivity contribution in [2.75, 3.05) is 6.61 Å². The highest BCUT2D eigenvalue weighted by Gasteiger charge is 2.42. The molecule has 2 atom stereocenters. The number of hydrogen-bond acceptors (Lipinski definition) is 4. The van der Waals surface area contributed by atoms with E-state index in [9.17, 15) is 5.11 Å². The lowest BCUT2D eigenvalue weighted by molar-refractivity contribution is 0.338. The normalized spacial score (nSPS) is 19.6. The summed E-state index contributed by atoms with van der Waals surface area (Å²) in [6.07, 6.45) is 2.94. The van der Waals surface area contributed by atoms with E-state index < -0.39 is 0 Å². The molecule has 126 valence electrons. The van der Waals surface area contributed by atoms with E-state index in [1.165, 1.54) is 0 Å². The van der Waals surface area contributed by atoms with Crippen LogP contribution in [0.3, 0.4) is 0 Å². The predicted molar refractivity (Wildman–Crippen MR) is 94.2 cm³/mol. The number of hydrogen-bond donors (Lipinski definition) is 2. The molecule has 6 nitrogen and oxygen atoms in total. The number of pyridine rings is 1. The third-order valence-electron chi connectivity index (χ3n) is 4.89. The molecule has 0 bridgehead atoms. The first-order valence-corrected chi connectivity index (χ1v) is 8.52. The van der Waals surface area contributed by atoms with Crippen LogP contribution in [-0.4, -0.2) is 31.5 Å². The van der Waals surface area contributed by atoms with Gasteiger partial charge in [0.25, 0.3) is 0 Å². The van der Waals surface area contributed by atoms with Gasteiger partial charge in [-0.05, 0) is 49.1 Å². The zero-order chi connectivity index (χ0) is 17.0. The first-order chi connectivity index (χ1) is 12.2. The summed E-state index contributed by atoms with van der Waals surface area (Å²) in [5, 5.41) is 23.0. The molecule has 2 unspecified atom stereocenters. The molecule has 1 fully saturated rings. The van der Waals surface area contributed by atoms with Crippen molar-refractivity contribution in [2.45, 2.75) is 25.2 Å². The molecule has 4 aromatic rings. The Morgan fingerprint density at radius 2 is 2.20 bits per heavy atom. The molecule has 6 heteroatoms.